The van der Waals surface area contributed by atoms with Crippen molar-refractivity contribution < 1.29 is 27.6 Å². The molecule has 3 rings (SSSR count). The summed E-state index contributed by atoms with van der Waals surface area (Å²) in [6.07, 6.45) is 7.07. The third-order valence-electron chi connectivity index (χ3n) is 5.08. The molecule has 2 aliphatic heterocycles. The van der Waals surface area contributed by atoms with Crippen molar-refractivity contribution in [3.63, 3.8) is 0 Å². The van der Waals surface area contributed by atoms with E-state index in [0.29, 0.717) is 17.7 Å². The van der Waals surface area contributed by atoms with E-state index in [-0.39, 0.29) is 18.1 Å². The third kappa shape index (κ3) is 4.55. The molecule has 148 valence electrons. The number of sulfone groups is 1. The van der Waals surface area contributed by atoms with Crippen molar-refractivity contribution in [3.05, 3.63) is 11.6 Å². The smallest absolute Gasteiger partial charge is 0.334 e. The molecule has 2 heterocycles. The van der Waals surface area contributed by atoms with Crippen LogP contribution in [0.4, 0.5) is 4.79 Å². The summed E-state index contributed by atoms with van der Waals surface area (Å²) in [7, 11) is -3.16. The fourth-order valence-electron chi connectivity index (χ4n) is 3.60. The molecule has 3 aliphatic rings. The van der Waals surface area contributed by atoms with Crippen LogP contribution in [0.3, 0.4) is 0 Å². The van der Waals surface area contributed by atoms with Crippen LogP contribution in [0.25, 0.3) is 0 Å². The monoisotopic (exact) mass is 397 g/mol. The van der Waals surface area contributed by atoms with E-state index in [9.17, 15) is 27.6 Å². The second-order valence-electron chi connectivity index (χ2n) is 7.16. The van der Waals surface area contributed by atoms with Crippen LogP contribution in [0, 0.1) is 0 Å². The summed E-state index contributed by atoms with van der Waals surface area (Å²) >= 11 is 0. The number of urea groups is 1. The van der Waals surface area contributed by atoms with Gasteiger partial charge in [-0.1, -0.05) is 11.6 Å². The first-order chi connectivity index (χ1) is 12.8. The standard InChI is InChI=1S/C17H23N3O6S/c21-14(18-13-7-9-27(25,26)11-13)10-20-16(23)15(22)19(17(20)24)8-6-12-4-2-1-3-5-12/h4,13H,1-3,5-11H2,(H,18,21). The molecule has 0 bridgehead atoms. The van der Waals surface area contributed by atoms with Gasteiger partial charge in [-0.25, -0.2) is 18.1 Å². The second kappa shape index (κ2) is 7.79. The van der Waals surface area contributed by atoms with Gasteiger partial charge in [0.25, 0.3) is 0 Å². The zero-order valence-electron chi connectivity index (χ0n) is 15.0. The lowest BCUT2D eigenvalue weighted by atomic mass is 9.97. The highest BCUT2D eigenvalue weighted by molar-refractivity contribution is 7.91. The molecule has 0 spiro atoms. The summed E-state index contributed by atoms with van der Waals surface area (Å²) < 4.78 is 22.9. The van der Waals surface area contributed by atoms with Crippen molar-refractivity contribution in [2.24, 2.45) is 0 Å². The number of rotatable bonds is 6. The number of hydrogen-bond donors (Lipinski definition) is 1. The first kappa shape index (κ1) is 19.5. The Kier molecular flexibility index (Phi) is 5.64. The Morgan fingerprint density at radius 3 is 2.52 bits per heavy atom. The summed E-state index contributed by atoms with van der Waals surface area (Å²) in [4.78, 5) is 50.1. The highest BCUT2D eigenvalue weighted by Crippen LogP contribution is 2.22. The van der Waals surface area contributed by atoms with E-state index in [0.717, 1.165) is 30.6 Å². The maximum Gasteiger partial charge on any atom is 0.334 e. The van der Waals surface area contributed by atoms with Crippen LogP contribution >= 0.6 is 0 Å². The van der Waals surface area contributed by atoms with Crippen LogP contribution in [0.5, 0.6) is 0 Å². The van der Waals surface area contributed by atoms with Crippen LogP contribution in [0.15, 0.2) is 11.6 Å². The molecule has 0 aromatic rings. The largest absolute Gasteiger partial charge is 0.351 e. The van der Waals surface area contributed by atoms with Gasteiger partial charge in [0.15, 0.2) is 9.84 Å². The molecular formula is C17H23N3O6S. The summed E-state index contributed by atoms with van der Waals surface area (Å²) in [5.41, 5.74) is 1.17. The summed E-state index contributed by atoms with van der Waals surface area (Å²) in [5.74, 6) is -2.74. The van der Waals surface area contributed by atoms with Crippen LogP contribution < -0.4 is 5.32 Å². The number of nitrogens with one attached hydrogen (secondary N) is 1. The topological polar surface area (TPSA) is 121 Å². The first-order valence-electron chi connectivity index (χ1n) is 9.12. The summed E-state index contributed by atoms with van der Waals surface area (Å²) in [6, 6.07) is -1.32. The van der Waals surface area contributed by atoms with Gasteiger partial charge in [0.1, 0.15) is 6.54 Å². The van der Waals surface area contributed by atoms with Crippen molar-refractivity contribution in [3.8, 4) is 0 Å². The molecule has 27 heavy (non-hydrogen) atoms. The predicted octanol–water partition coefficient (Wildman–Crippen LogP) is -0.0290. The zero-order valence-corrected chi connectivity index (χ0v) is 15.8. The Morgan fingerprint density at radius 2 is 1.89 bits per heavy atom. The van der Waals surface area contributed by atoms with E-state index in [1.165, 1.54) is 5.57 Å². The van der Waals surface area contributed by atoms with Gasteiger partial charge in [-0.2, -0.15) is 0 Å². The van der Waals surface area contributed by atoms with E-state index in [1.807, 2.05) is 0 Å². The highest BCUT2D eigenvalue weighted by atomic mass is 32.2. The van der Waals surface area contributed by atoms with Gasteiger partial charge in [0.2, 0.25) is 5.91 Å². The van der Waals surface area contributed by atoms with Gasteiger partial charge < -0.3 is 5.32 Å². The van der Waals surface area contributed by atoms with Gasteiger partial charge in [-0.05, 0) is 38.5 Å². The minimum Gasteiger partial charge on any atom is -0.351 e. The van der Waals surface area contributed by atoms with E-state index in [1.54, 1.807) is 0 Å². The molecule has 1 unspecified atom stereocenters. The number of hydrogen-bond acceptors (Lipinski definition) is 6. The third-order valence-corrected chi connectivity index (χ3v) is 6.84. The van der Waals surface area contributed by atoms with Crippen molar-refractivity contribution in [2.75, 3.05) is 24.6 Å². The lowest BCUT2D eigenvalue weighted by Gasteiger charge is -2.18. The fourth-order valence-corrected chi connectivity index (χ4v) is 5.27. The lowest BCUT2D eigenvalue weighted by molar-refractivity contribution is -0.144. The average Bonchev–Trinajstić information content (AvgIpc) is 3.06. The molecule has 0 aromatic heterocycles. The molecule has 1 atom stereocenters. The van der Waals surface area contributed by atoms with Crippen LogP contribution in [0.2, 0.25) is 0 Å². The molecule has 5 amide bonds. The molecule has 1 N–H and O–H groups in total. The Hall–Kier alpha value is -2.23. The van der Waals surface area contributed by atoms with E-state index in [2.05, 4.69) is 11.4 Å². The van der Waals surface area contributed by atoms with Crippen LogP contribution in [-0.2, 0) is 24.2 Å². The number of allylic oxidation sites excluding steroid dienone is 1. The number of imide groups is 2. The predicted molar refractivity (Wildman–Crippen MR) is 95.2 cm³/mol. The maximum atomic E-state index is 12.4. The minimum absolute atomic E-state index is 0.00162. The normalized spacial score (nSPS) is 25.1. The van der Waals surface area contributed by atoms with E-state index >= 15 is 0 Å². The second-order valence-corrected chi connectivity index (χ2v) is 9.39. The number of carbonyl (C=O) groups excluding carboxylic acids is 4. The summed E-state index contributed by atoms with van der Waals surface area (Å²) in [5, 5.41) is 2.51. The molecule has 0 radical (unpaired) electrons. The van der Waals surface area contributed by atoms with Crippen molar-refractivity contribution >= 4 is 33.6 Å². The van der Waals surface area contributed by atoms with Gasteiger partial charge in [0, 0.05) is 12.6 Å². The molecule has 1 aliphatic carbocycles. The van der Waals surface area contributed by atoms with Crippen LogP contribution in [-0.4, -0.2) is 72.6 Å². The van der Waals surface area contributed by atoms with E-state index in [4.69, 9.17) is 0 Å². The van der Waals surface area contributed by atoms with Crippen LogP contribution in [0.1, 0.15) is 38.5 Å². The van der Waals surface area contributed by atoms with Gasteiger partial charge in [-0.15, -0.1) is 0 Å². The zero-order chi connectivity index (χ0) is 19.6. The Bertz CT molecular complexity index is 803. The Labute approximate surface area is 157 Å². The quantitative estimate of drug-likeness (QED) is 0.382. The summed E-state index contributed by atoms with van der Waals surface area (Å²) in [6.45, 7) is -0.465. The molecule has 2 fully saturated rings. The lowest BCUT2D eigenvalue weighted by Crippen LogP contribution is -2.45. The molecule has 2 saturated heterocycles. The number of carbonyl (C=O) groups is 4. The van der Waals surface area contributed by atoms with Gasteiger partial charge >= 0.3 is 17.8 Å². The number of amides is 5. The number of nitrogens with zero attached hydrogens (tertiary/aromatic N) is 2. The highest BCUT2D eigenvalue weighted by Gasteiger charge is 2.45. The Balaban J connectivity index is 1.55. The van der Waals surface area contributed by atoms with E-state index < -0.39 is 46.2 Å². The Morgan fingerprint density at radius 1 is 1.15 bits per heavy atom. The molecular weight excluding hydrogens is 374 g/mol. The molecule has 0 saturated carbocycles. The van der Waals surface area contributed by atoms with Gasteiger partial charge in [0.05, 0.1) is 11.5 Å². The average molecular weight is 397 g/mol. The SMILES string of the molecule is O=C(CN1C(=O)C(=O)N(CCC2=CCCCC2)C1=O)NC1CCS(=O)(=O)C1. The molecule has 0 aromatic carbocycles. The minimum atomic E-state index is -3.16. The molecule has 9 nitrogen and oxygen atoms in total. The molecule has 10 heteroatoms. The van der Waals surface area contributed by atoms with Crippen molar-refractivity contribution in [1.29, 1.82) is 0 Å². The van der Waals surface area contributed by atoms with Crippen molar-refractivity contribution in [2.45, 2.75) is 44.6 Å². The van der Waals surface area contributed by atoms with Crippen molar-refractivity contribution in [1.82, 2.24) is 15.1 Å². The maximum absolute atomic E-state index is 12.4. The van der Waals surface area contributed by atoms with Gasteiger partial charge in [-0.3, -0.25) is 19.3 Å². The fraction of sp³-hybridized carbons (Fsp3) is 0.647. The first-order valence-corrected chi connectivity index (χ1v) is 10.9.